The summed E-state index contributed by atoms with van der Waals surface area (Å²) in [6.45, 7) is 9.59. The molecular weight excluding hydrogens is 236 g/mol. The van der Waals surface area contributed by atoms with Crippen LogP contribution in [0.15, 0.2) is 24.3 Å². The van der Waals surface area contributed by atoms with Crippen molar-refractivity contribution in [2.24, 2.45) is 11.8 Å². The van der Waals surface area contributed by atoms with Gasteiger partial charge in [-0.3, -0.25) is 0 Å². The molecule has 1 aliphatic rings. The van der Waals surface area contributed by atoms with Crippen molar-refractivity contribution in [3.05, 3.63) is 29.8 Å². The lowest BCUT2D eigenvalue weighted by Gasteiger charge is -2.34. The highest BCUT2D eigenvalue weighted by Gasteiger charge is 2.21. The maximum atomic E-state index is 5.19. The molecule has 0 aromatic heterocycles. The van der Waals surface area contributed by atoms with Gasteiger partial charge in [0.15, 0.2) is 0 Å². The third-order valence-electron chi connectivity index (χ3n) is 3.95. The van der Waals surface area contributed by atoms with Gasteiger partial charge in [-0.2, -0.15) is 0 Å². The largest absolute Gasteiger partial charge is 0.371 e. The minimum absolute atomic E-state index is 0.219. The van der Waals surface area contributed by atoms with Crippen LogP contribution < -0.4 is 10.8 Å². The molecule has 1 atom stereocenters. The molecule has 1 heterocycles. The first-order chi connectivity index (χ1) is 9.00. The van der Waals surface area contributed by atoms with E-state index in [4.69, 9.17) is 10.7 Å². The monoisotopic (exact) mass is 262 g/mol. The molecule has 2 rings (SSSR count). The van der Waals surface area contributed by atoms with Gasteiger partial charge in [0, 0.05) is 24.7 Å². The highest BCUT2D eigenvalue weighted by molar-refractivity contribution is 5.49. The summed E-state index contributed by atoms with van der Waals surface area (Å²) in [4.78, 5) is 7.25. The molecule has 1 unspecified atom stereocenters. The van der Waals surface area contributed by atoms with Crippen LogP contribution in [0.1, 0.15) is 39.2 Å². The summed E-state index contributed by atoms with van der Waals surface area (Å²) >= 11 is 0. The molecule has 2 N–H and O–H groups in total. The lowest BCUT2D eigenvalue weighted by molar-refractivity contribution is 0.0951. The van der Waals surface area contributed by atoms with Crippen molar-refractivity contribution in [2.75, 3.05) is 24.6 Å². The lowest BCUT2D eigenvalue weighted by atomic mass is 9.87. The van der Waals surface area contributed by atoms with Gasteiger partial charge >= 0.3 is 0 Å². The van der Waals surface area contributed by atoms with E-state index in [2.05, 4.69) is 49.9 Å². The van der Waals surface area contributed by atoms with Crippen molar-refractivity contribution in [1.29, 1.82) is 0 Å². The van der Waals surface area contributed by atoms with E-state index in [-0.39, 0.29) is 5.41 Å². The van der Waals surface area contributed by atoms with Gasteiger partial charge in [-0.25, -0.2) is 5.90 Å². The normalized spacial score (nSPS) is 20.6. The van der Waals surface area contributed by atoms with Crippen molar-refractivity contribution in [3.8, 4) is 0 Å². The maximum absolute atomic E-state index is 5.19. The Kier molecular flexibility index (Phi) is 4.48. The molecule has 1 saturated heterocycles. The van der Waals surface area contributed by atoms with Gasteiger partial charge in [0.25, 0.3) is 0 Å². The summed E-state index contributed by atoms with van der Waals surface area (Å²) in [5.41, 5.74) is 2.92. The van der Waals surface area contributed by atoms with E-state index in [9.17, 15) is 0 Å². The van der Waals surface area contributed by atoms with Gasteiger partial charge < -0.3 is 9.74 Å². The van der Waals surface area contributed by atoms with E-state index in [1.54, 1.807) is 0 Å². The second kappa shape index (κ2) is 5.93. The van der Waals surface area contributed by atoms with Crippen LogP contribution >= 0.6 is 0 Å². The first-order valence-electron chi connectivity index (χ1n) is 7.18. The van der Waals surface area contributed by atoms with Gasteiger partial charge in [-0.05, 0) is 36.0 Å². The Hall–Kier alpha value is -1.06. The third kappa shape index (κ3) is 3.71. The van der Waals surface area contributed by atoms with Crippen LogP contribution in [-0.2, 0) is 10.3 Å². The summed E-state index contributed by atoms with van der Waals surface area (Å²) < 4.78 is 0. The first kappa shape index (κ1) is 14.4. The molecule has 3 nitrogen and oxygen atoms in total. The molecule has 106 valence electrons. The van der Waals surface area contributed by atoms with Crippen molar-refractivity contribution in [2.45, 2.75) is 39.0 Å². The molecule has 3 heteroatoms. The van der Waals surface area contributed by atoms with Crippen molar-refractivity contribution >= 4 is 5.69 Å². The van der Waals surface area contributed by atoms with Crippen molar-refractivity contribution in [1.82, 2.24) is 0 Å². The third-order valence-corrected chi connectivity index (χ3v) is 3.95. The first-order valence-corrected chi connectivity index (χ1v) is 7.18. The van der Waals surface area contributed by atoms with Crippen LogP contribution in [-0.4, -0.2) is 19.7 Å². The smallest absolute Gasteiger partial charge is 0.0724 e. The molecular formula is C16H26N2O. The Morgan fingerprint density at radius 1 is 1.26 bits per heavy atom. The standard InChI is InChI=1S/C16H26N2O/c1-16(2,3)14-6-8-15(9-7-14)18-10-4-5-13(11-18)12-19-17/h6-9,13H,4-5,10-12,17H2,1-3H3. The van der Waals surface area contributed by atoms with Crippen molar-refractivity contribution in [3.63, 3.8) is 0 Å². The number of hydrogen-bond acceptors (Lipinski definition) is 3. The van der Waals surface area contributed by atoms with Gasteiger partial charge in [0.2, 0.25) is 0 Å². The van der Waals surface area contributed by atoms with E-state index in [0.717, 1.165) is 13.1 Å². The quantitative estimate of drug-likeness (QED) is 0.851. The highest BCUT2D eigenvalue weighted by Crippen LogP contribution is 2.27. The zero-order valence-electron chi connectivity index (χ0n) is 12.4. The summed E-state index contributed by atoms with van der Waals surface area (Å²) in [6, 6.07) is 8.98. The number of anilines is 1. The molecule has 0 spiro atoms. The predicted octanol–water partition coefficient (Wildman–Crippen LogP) is 3.09. The molecule has 1 aromatic carbocycles. The average Bonchev–Trinajstić information content (AvgIpc) is 2.39. The minimum atomic E-state index is 0.219. The highest BCUT2D eigenvalue weighted by atomic mass is 16.6. The molecule has 1 fully saturated rings. The number of rotatable bonds is 3. The SMILES string of the molecule is CC(C)(C)c1ccc(N2CCCC(CON)C2)cc1. The fourth-order valence-corrected chi connectivity index (χ4v) is 2.74. The van der Waals surface area contributed by atoms with Gasteiger partial charge in [-0.15, -0.1) is 0 Å². The van der Waals surface area contributed by atoms with E-state index >= 15 is 0 Å². The summed E-state index contributed by atoms with van der Waals surface area (Å²) in [6.07, 6.45) is 2.43. The zero-order chi connectivity index (χ0) is 13.9. The molecule has 0 saturated carbocycles. The van der Waals surface area contributed by atoms with Crippen LogP contribution in [0.3, 0.4) is 0 Å². The van der Waals surface area contributed by atoms with Gasteiger partial charge in [-0.1, -0.05) is 32.9 Å². The molecule has 1 aliphatic heterocycles. The molecule has 0 aliphatic carbocycles. The lowest BCUT2D eigenvalue weighted by Crippen LogP contribution is -2.37. The van der Waals surface area contributed by atoms with E-state index in [0.29, 0.717) is 12.5 Å². The second-order valence-electron chi connectivity index (χ2n) is 6.58. The molecule has 0 bridgehead atoms. The Morgan fingerprint density at radius 2 is 1.95 bits per heavy atom. The molecule has 1 aromatic rings. The van der Waals surface area contributed by atoms with Gasteiger partial charge in [0.1, 0.15) is 0 Å². The Bertz CT molecular complexity index is 392. The number of piperidine rings is 1. The average molecular weight is 262 g/mol. The topological polar surface area (TPSA) is 38.5 Å². The van der Waals surface area contributed by atoms with Crippen LogP contribution in [0.2, 0.25) is 0 Å². The van der Waals surface area contributed by atoms with Crippen LogP contribution in [0.5, 0.6) is 0 Å². The molecule has 19 heavy (non-hydrogen) atoms. The summed E-state index contributed by atoms with van der Waals surface area (Å²) in [5, 5.41) is 0. The number of benzene rings is 1. The van der Waals surface area contributed by atoms with E-state index in [1.165, 1.54) is 24.1 Å². The number of nitrogens with two attached hydrogens (primary N) is 1. The minimum Gasteiger partial charge on any atom is -0.371 e. The Labute approximate surface area is 116 Å². The van der Waals surface area contributed by atoms with E-state index in [1.807, 2.05) is 0 Å². The fourth-order valence-electron chi connectivity index (χ4n) is 2.74. The molecule has 0 radical (unpaired) electrons. The summed E-state index contributed by atoms with van der Waals surface area (Å²) in [5.74, 6) is 5.75. The Balaban J connectivity index is 2.05. The zero-order valence-corrected chi connectivity index (χ0v) is 12.4. The molecule has 0 amide bonds. The van der Waals surface area contributed by atoms with Crippen LogP contribution in [0.4, 0.5) is 5.69 Å². The van der Waals surface area contributed by atoms with Crippen LogP contribution in [0, 0.1) is 5.92 Å². The number of hydrogen-bond donors (Lipinski definition) is 1. The predicted molar refractivity (Wildman–Crippen MR) is 80.2 cm³/mol. The fraction of sp³-hybridized carbons (Fsp3) is 0.625. The Morgan fingerprint density at radius 3 is 2.53 bits per heavy atom. The maximum Gasteiger partial charge on any atom is 0.0724 e. The van der Waals surface area contributed by atoms with Crippen molar-refractivity contribution < 1.29 is 4.84 Å². The number of nitrogens with zero attached hydrogens (tertiary/aromatic N) is 1. The summed E-state index contributed by atoms with van der Waals surface area (Å²) in [7, 11) is 0. The second-order valence-corrected chi connectivity index (χ2v) is 6.58. The van der Waals surface area contributed by atoms with E-state index < -0.39 is 0 Å². The van der Waals surface area contributed by atoms with Gasteiger partial charge in [0.05, 0.1) is 6.61 Å². The van der Waals surface area contributed by atoms with Crippen LogP contribution in [0.25, 0.3) is 0 Å².